The minimum absolute atomic E-state index is 0.160. The zero-order valence-corrected chi connectivity index (χ0v) is 11.8. The maximum atomic E-state index is 12.3. The number of benzene rings is 2. The Balaban J connectivity index is 1.78. The highest BCUT2D eigenvalue weighted by atomic mass is 16.5. The molecule has 1 atom stereocenters. The van der Waals surface area contributed by atoms with Gasteiger partial charge in [0.05, 0.1) is 19.3 Å². The van der Waals surface area contributed by atoms with Crippen molar-refractivity contribution in [1.82, 2.24) is 0 Å². The molecule has 1 aliphatic rings. The average Bonchev–Trinajstić information content (AvgIpc) is 2.94. The van der Waals surface area contributed by atoms with E-state index in [-0.39, 0.29) is 5.91 Å². The van der Waals surface area contributed by atoms with Gasteiger partial charge in [0.1, 0.15) is 0 Å². The summed E-state index contributed by atoms with van der Waals surface area (Å²) in [6.07, 6.45) is -0.556. The zero-order valence-electron chi connectivity index (χ0n) is 11.8. The van der Waals surface area contributed by atoms with Crippen molar-refractivity contribution in [1.29, 1.82) is 0 Å². The second kappa shape index (κ2) is 5.68. The van der Waals surface area contributed by atoms with Crippen LogP contribution in [-0.2, 0) is 18.0 Å². The number of hydrogen-bond donors (Lipinski definition) is 2. The normalized spacial score (nSPS) is 14.6. The van der Waals surface area contributed by atoms with Crippen molar-refractivity contribution >= 4 is 11.6 Å². The summed E-state index contributed by atoms with van der Waals surface area (Å²) in [5.41, 5.74) is 4.27. The number of amides is 1. The molecule has 2 aromatic rings. The zero-order chi connectivity index (χ0) is 14.8. The number of rotatable bonds is 3. The summed E-state index contributed by atoms with van der Waals surface area (Å²) in [6, 6.07) is 12.8. The number of hydrogen-bond acceptors (Lipinski definition) is 3. The lowest BCUT2D eigenvalue weighted by molar-refractivity contribution is 0.102. The van der Waals surface area contributed by atoms with E-state index in [2.05, 4.69) is 5.32 Å². The standard InChI is InChI=1S/C17H17NO3/c1-11(19)12-3-2-4-16(8-12)18-17(20)13-5-6-14-9-21-10-15(14)7-13/h2-8,11,19H,9-10H2,1H3,(H,18,20). The lowest BCUT2D eigenvalue weighted by Gasteiger charge is -2.09. The summed E-state index contributed by atoms with van der Waals surface area (Å²) in [5.74, 6) is -0.160. The molecule has 0 aliphatic carbocycles. The van der Waals surface area contributed by atoms with Gasteiger partial charge in [-0.2, -0.15) is 0 Å². The SMILES string of the molecule is CC(O)c1cccc(NC(=O)c2ccc3c(c2)COC3)c1. The number of ether oxygens (including phenoxy) is 1. The predicted molar refractivity (Wildman–Crippen MR) is 80.0 cm³/mol. The number of aliphatic hydroxyl groups is 1. The maximum absolute atomic E-state index is 12.3. The fourth-order valence-electron chi connectivity index (χ4n) is 2.39. The van der Waals surface area contributed by atoms with Gasteiger partial charge >= 0.3 is 0 Å². The highest BCUT2D eigenvalue weighted by molar-refractivity contribution is 6.04. The number of fused-ring (bicyclic) bond motifs is 1. The monoisotopic (exact) mass is 283 g/mol. The summed E-state index contributed by atoms with van der Waals surface area (Å²) in [7, 11) is 0. The predicted octanol–water partition coefficient (Wildman–Crippen LogP) is 3.02. The molecule has 0 radical (unpaired) electrons. The molecule has 0 aromatic heterocycles. The minimum atomic E-state index is -0.556. The quantitative estimate of drug-likeness (QED) is 0.910. The third-order valence-corrected chi connectivity index (χ3v) is 3.61. The van der Waals surface area contributed by atoms with Crippen molar-refractivity contribution in [2.45, 2.75) is 26.2 Å². The van der Waals surface area contributed by atoms with Crippen LogP contribution in [0.15, 0.2) is 42.5 Å². The van der Waals surface area contributed by atoms with Crippen LogP contribution in [0.1, 0.15) is 40.1 Å². The Kier molecular flexibility index (Phi) is 3.73. The number of carbonyl (C=O) groups excluding carboxylic acids is 1. The summed E-state index contributed by atoms with van der Waals surface area (Å²) in [5, 5.41) is 12.4. The second-order valence-electron chi connectivity index (χ2n) is 5.23. The maximum Gasteiger partial charge on any atom is 0.255 e. The number of aliphatic hydroxyl groups excluding tert-OH is 1. The van der Waals surface area contributed by atoms with Crippen molar-refractivity contribution in [2.24, 2.45) is 0 Å². The van der Waals surface area contributed by atoms with Gasteiger partial charge in [0.25, 0.3) is 5.91 Å². The molecule has 2 aromatic carbocycles. The largest absolute Gasteiger partial charge is 0.389 e. The van der Waals surface area contributed by atoms with Crippen LogP contribution in [0.25, 0.3) is 0 Å². The minimum Gasteiger partial charge on any atom is -0.389 e. The molecule has 1 heterocycles. The number of anilines is 1. The molecule has 1 amide bonds. The highest BCUT2D eigenvalue weighted by Gasteiger charge is 2.14. The summed E-state index contributed by atoms with van der Waals surface area (Å²) in [4.78, 5) is 12.3. The molecular formula is C17H17NO3. The van der Waals surface area contributed by atoms with Gasteiger partial charge in [-0.3, -0.25) is 4.79 Å². The molecule has 2 N–H and O–H groups in total. The Labute approximate surface area is 123 Å². The Morgan fingerprint density at radius 2 is 2.00 bits per heavy atom. The van der Waals surface area contributed by atoms with Gasteiger partial charge in [0.15, 0.2) is 0 Å². The molecule has 1 unspecified atom stereocenters. The second-order valence-corrected chi connectivity index (χ2v) is 5.23. The first-order chi connectivity index (χ1) is 10.1. The Morgan fingerprint density at radius 3 is 2.81 bits per heavy atom. The van der Waals surface area contributed by atoms with Gasteiger partial charge in [-0.1, -0.05) is 18.2 Å². The van der Waals surface area contributed by atoms with E-state index in [9.17, 15) is 9.90 Å². The molecule has 4 nitrogen and oxygen atoms in total. The molecule has 0 saturated carbocycles. The topological polar surface area (TPSA) is 58.6 Å². The lowest BCUT2D eigenvalue weighted by Crippen LogP contribution is -2.12. The van der Waals surface area contributed by atoms with Crippen LogP contribution in [0.4, 0.5) is 5.69 Å². The van der Waals surface area contributed by atoms with E-state index in [1.165, 1.54) is 0 Å². The smallest absolute Gasteiger partial charge is 0.255 e. The van der Waals surface area contributed by atoms with E-state index in [1.54, 1.807) is 25.1 Å². The van der Waals surface area contributed by atoms with Crippen molar-refractivity contribution in [2.75, 3.05) is 5.32 Å². The van der Waals surface area contributed by atoms with Gasteiger partial charge < -0.3 is 15.2 Å². The number of nitrogens with one attached hydrogen (secondary N) is 1. The van der Waals surface area contributed by atoms with Gasteiger partial charge in [-0.15, -0.1) is 0 Å². The first-order valence-corrected chi connectivity index (χ1v) is 6.92. The average molecular weight is 283 g/mol. The van der Waals surface area contributed by atoms with E-state index >= 15 is 0 Å². The van der Waals surface area contributed by atoms with E-state index in [1.807, 2.05) is 24.3 Å². The molecule has 0 saturated heterocycles. The molecule has 4 heteroatoms. The van der Waals surface area contributed by atoms with Crippen LogP contribution in [0.3, 0.4) is 0 Å². The summed E-state index contributed by atoms with van der Waals surface area (Å²) < 4.78 is 5.35. The van der Waals surface area contributed by atoms with Crippen LogP contribution in [0.2, 0.25) is 0 Å². The van der Waals surface area contributed by atoms with E-state index < -0.39 is 6.10 Å². The molecule has 1 aliphatic heterocycles. The Morgan fingerprint density at radius 1 is 1.19 bits per heavy atom. The Bertz CT molecular complexity index is 679. The molecular weight excluding hydrogens is 266 g/mol. The van der Waals surface area contributed by atoms with Crippen LogP contribution in [-0.4, -0.2) is 11.0 Å². The van der Waals surface area contributed by atoms with E-state index in [0.717, 1.165) is 16.7 Å². The van der Waals surface area contributed by atoms with E-state index in [4.69, 9.17) is 4.74 Å². The van der Waals surface area contributed by atoms with Gasteiger partial charge in [-0.05, 0) is 47.9 Å². The first-order valence-electron chi connectivity index (χ1n) is 6.92. The highest BCUT2D eigenvalue weighted by Crippen LogP contribution is 2.22. The van der Waals surface area contributed by atoms with Crippen LogP contribution >= 0.6 is 0 Å². The first kappa shape index (κ1) is 13.8. The number of carbonyl (C=O) groups is 1. The molecule has 3 rings (SSSR count). The van der Waals surface area contributed by atoms with E-state index in [0.29, 0.717) is 24.5 Å². The molecule has 0 spiro atoms. The molecule has 108 valence electrons. The van der Waals surface area contributed by atoms with Crippen molar-refractivity contribution in [3.63, 3.8) is 0 Å². The summed E-state index contributed by atoms with van der Waals surface area (Å²) in [6.45, 7) is 2.88. The fraction of sp³-hybridized carbons (Fsp3) is 0.235. The van der Waals surface area contributed by atoms with Gasteiger partial charge in [0.2, 0.25) is 0 Å². The van der Waals surface area contributed by atoms with Crippen LogP contribution in [0, 0.1) is 0 Å². The Hall–Kier alpha value is -2.17. The van der Waals surface area contributed by atoms with Crippen molar-refractivity contribution < 1.29 is 14.6 Å². The molecule has 21 heavy (non-hydrogen) atoms. The molecule has 0 bridgehead atoms. The fourth-order valence-corrected chi connectivity index (χ4v) is 2.39. The third kappa shape index (κ3) is 2.96. The van der Waals surface area contributed by atoms with Crippen molar-refractivity contribution in [3.8, 4) is 0 Å². The van der Waals surface area contributed by atoms with Crippen LogP contribution in [0.5, 0.6) is 0 Å². The van der Waals surface area contributed by atoms with Gasteiger partial charge in [-0.25, -0.2) is 0 Å². The lowest BCUT2D eigenvalue weighted by atomic mass is 10.1. The van der Waals surface area contributed by atoms with Crippen LogP contribution < -0.4 is 5.32 Å². The van der Waals surface area contributed by atoms with Crippen molar-refractivity contribution in [3.05, 3.63) is 64.7 Å². The summed E-state index contributed by atoms with van der Waals surface area (Å²) >= 11 is 0. The third-order valence-electron chi connectivity index (χ3n) is 3.61. The molecule has 0 fully saturated rings. The van der Waals surface area contributed by atoms with Gasteiger partial charge in [0, 0.05) is 11.3 Å².